The average Bonchev–Trinajstić information content (AvgIpc) is 2.58. The first-order valence-electron chi connectivity index (χ1n) is 5.68. The second kappa shape index (κ2) is 5.10. The third kappa shape index (κ3) is 2.72. The van der Waals surface area contributed by atoms with Crippen LogP contribution in [0.5, 0.6) is 0 Å². The minimum absolute atomic E-state index is 0.305. The molecule has 0 aliphatic carbocycles. The standard InChI is InChI=1S/C13H14BrFN2O/c1-7(2)3-11-12(17-18-13(11)16)8-4-9(14)6-10(15)5-8/h4-7H,3,16H2,1-2H3. The molecular weight excluding hydrogens is 299 g/mol. The van der Waals surface area contributed by atoms with Crippen molar-refractivity contribution in [3.05, 3.63) is 34.1 Å². The molecule has 96 valence electrons. The molecule has 0 saturated heterocycles. The van der Waals surface area contributed by atoms with E-state index < -0.39 is 0 Å². The molecule has 2 aromatic rings. The van der Waals surface area contributed by atoms with E-state index >= 15 is 0 Å². The number of nitrogen functional groups attached to an aromatic ring is 1. The van der Waals surface area contributed by atoms with Crippen LogP contribution in [0.4, 0.5) is 10.3 Å². The van der Waals surface area contributed by atoms with Gasteiger partial charge in [0.25, 0.3) is 0 Å². The van der Waals surface area contributed by atoms with Crippen LogP contribution in [0.25, 0.3) is 11.3 Å². The predicted octanol–water partition coefficient (Wildman–Crippen LogP) is 4.02. The van der Waals surface area contributed by atoms with E-state index in [1.165, 1.54) is 12.1 Å². The molecule has 0 bridgehead atoms. The molecule has 0 amide bonds. The van der Waals surface area contributed by atoms with Gasteiger partial charge in [0.15, 0.2) is 0 Å². The lowest BCUT2D eigenvalue weighted by Crippen LogP contribution is -1.98. The zero-order valence-electron chi connectivity index (χ0n) is 10.2. The van der Waals surface area contributed by atoms with Crippen molar-refractivity contribution >= 4 is 21.8 Å². The van der Waals surface area contributed by atoms with Crippen LogP contribution < -0.4 is 5.73 Å². The maximum absolute atomic E-state index is 13.4. The summed E-state index contributed by atoms with van der Waals surface area (Å²) in [4.78, 5) is 0. The number of hydrogen-bond donors (Lipinski definition) is 1. The van der Waals surface area contributed by atoms with Crippen molar-refractivity contribution in [2.75, 3.05) is 5.73 Å². The highest BCUT2D eigenvalue weighted by molar-refractivity contribution is 9.10. The van der Waals surface area contributed by atoms with Crippen molar-refractivity contribution in [2.45, 2.75) is 20.3 Å². The molecule has 0 aliphatic heterocycles. The molecule has 1 aromatic carbocycles. The first kappa shape index (κ1) is 13.1. The zero-order valence-corrected chi connectivity index (χ0v) is 11.8. The molecule has 5 heteroatoms. The monoisotopic (exact) mass is 312 g/mol. The molecule has 18 heavy (non-hydrogen) atoms. The van der Waals surface area contributed by atoms with E-state index in [0.717, 1.165) is 12.0 Å². The third-order valence-electron chi connectivity index (χ3n) is 2.57. The van der Waals surface area contributed by atoms with Gasteiger partial charge in [-0.05, 0) is 30.5 Å². The highest BCUT2D eigenvalue weighted by Crippen LogP contribution is 2.31. The van der Waals surface area contributed by atoms with Crippen LogP contribution in [0.3, 0.4) is 0 Å². The molecule has 0 radical (unpaired) electrons. The van der Waals surface area contributed by atoms with Gasteiger partial charge >= 0.3 is 0 Å². The summed E-state index contributed by atoms with van der Waals surface area (Å²) in [5, 5.41) is 3.93. The fourth-order valence-electron chi connectivity index (χ4n) is 1.84. The van der Waals surface area contributed by atoms with Gasteiger partial charge in [-0.2, -0.15) is 0 Å². The minimum Gasteiger partial charge on any atom is -0.367 e. The largest absolute Gasteiger partial charge is 0.367 e. The Morgan fingerprint density at radius 1 is 1.39 bits per heavy atom. The van der Waals surface area contributed by atoms with Gasteiger partial charge in [-0.1, -0.05) is 34.9 Å². The zero-order chi connectivity index (χ0) is 13.3. The molecule has 0 unspecified atom stereocenters. The summed E-state index contributed by atoms with van der Waals surface area (Å²) in [6, 6.07) is 4.62. The van der Waals surface area contributed by atoms with E-state index in [2.05, 4.69) is 34.9 Å². The van der Waals surface area contributed by atoms with Crippen LogP contribution in [0.1, 0.15) is 19.4 Å². The van der Waals surface area contributed by atoms with E-state index in [1.54, 1.807) is 6.07 Å². The third-order valence-corrected chi connectivity index (χ3v) is 3.02. The molecule has 2 rings (SSSR count). The summed E-state index contributed by atoms with van der Waals surface area (Å²) < 4.78 is 19.1. The van der Waals surface area contributed by atoms with Crippen LogP contribution in [0, 0.1) is 11.7 Å². The Hall–Kier alpha value is -1.36. The minimum atomic E-state index is -0.323. The Morgan fingerprint density at radius 2 is 2.11 bits per heavy atom. The summed E-state index contributed by atoms with van der Waals surface area (Å²) in [7, 11) is 0. The molecule has 0 spiro atoms. The first-order valence-corrected chi connectivity index (χ1v) is 6.47. The summed E-state index contributed by atoms with van der Waals surface area (Å²) in [5.74, 6) is 0.401. The van der Waals surface area contributed by atoms with Crippen molar-refractivity contribution in [2.24, 2.45) is 5.92 Å². The van der Waals surface area contributed by atoms with Crippen LogP contribution >= 0.6 is 15.9 Å². The maximum atomic E-state index is 13.4. The second-order valence-corrected chi connectivity index (χ2v) is 5.55. The van der Waals surface area contributed by atoms with Gasteiger partial charge in [0.2, 0.25) is 5.88 Å². The van der Waals surface area contributed by atoms with Crippen molar-refractivity contribution in [3.8, 4) is 11.3 Å². The highest BCUT2D eigenvalue weighted by Gasteiger charge is 2.17. The van der Waals surface area contributed by atoms with Gasteiger partial charge in [0, 0.05) is 15.6 Å². The van der Waals surface area contributed by atoms with Gasteiger partial charge in [-0.3, -0.25) is 0 Å². The molecule has 0 aliphatic rings. The van der Waals surface area contributed by atoms with Gasteiger partial charge in [0.1, 0.15) is 11.5 Å². The quantitative estimate of drug-likeness (QED) is 0.931. The summed E-state index contributed by atoms with van der Waals surface area (Å²) in [5.41, 5.74) is 7.88. The highest BCUT2D eigenvalue weighted by atomic mass is 79.9. The van der Waals surface area contributed by atoms with Crippen molar-refractivity contribution in [1.29, 1.82) is 0 Å². The van der Waals surface area contributed by atoms with Crippen LogP contribution in [0.2, 0.25) is 0 Å². The molecule has 1 heterocycles. The van der Waals surface area contributed by atoms with E-state index in [-0.39, 0.29) is 5.82 Å². The number of nitrogens with zero attached hydrogens (tertiary/aromatic N) is 1. The Morgan fingerprint density at radius 3 is 2.72 bits per heavy atom. The lowest BCUT2D eigenvalue weighted by atomic mass is 9.99. The lowest BCUT2D eigenvalue weighted by molar-refractivity contribution is 0.438. The van der Waals surface area contributed by atoms with Crippen LogP contribution in [0.15, 0.2) is 27.2 Å². The SMILES string of the molecule is CC(C)Cc1c(-c2cc(F)cc(Br)c2)noc1N. The number of anilines is 1. The maximum Gasteiger partial charge on any atom is 0.225 e. The van der Waals surface area contributed by atoms with E-state index in [0.29, 0.717) is 27.5 Å². The molecule has 0 atom stereocenters. The van der Waals surface area contributed by atoms with E-state index in [9.17, 15) is 4.39 Å². The average molecular weight is 313 g/mol. The van der Waals surface area contributed by atoms with E-state index in [4.69, 9.17) is 10.3 Å². The van der Waals surface area contributed by atoms with Crippen LogP contribution in [-0.4, -0.2) is 5.16 Å². The Labute approximate surface area is 113 Å². The predicted molar refractivity (Wildman–Crippen MR) is 72.6 cm³/mol. The lowest BCUT2D eigenvalue weighted by Gasteiger charge is -2.05. The molecular formula is C13H14BrFN2O. The number of hydrogen-bond acceptors (Lipinski definition) is 3. The molecule has 1 aromatic heterocycles. The van der Waals surface area contributed by atoms with E-state index in [1.807, 2.05) is 0 Å². The summed E-state index contributed by atoms with van der Waals surface area (Å²) in [6.45, 7) is 4.16. The van der Waals surface area contributed by atoms with Crippen molar-refractivity contribution in [1.82, 2.24) is 5.16 Å². The first-order chi connectivity index (χ1) is 8.47. The summed E-state index contributed by atoms with van der Waals surface area (Å²) in [6.07, 6.45) is 0.749. The summed E-state index contributed by atoms with van der Waals surface area (Å²) >= 11 is 3.26. The topological polar surface area (TPSA) is 52.0 Å². The van der Waals surface area contributed by atoms with Gasteiger partial charge in [0.05, 0.1) is 0 Å². The fourth-order valence-corrected chi connectivity index (χ4v) is 2.31. The molecule has 2 N–H and O–H groups in total. The van der Waals surface area contributed by atoms with Gasteiger partial charge in [-0.25, -0.2) is 4.39 Å². The van der Waals surface area contributed by atoms with Crippen molar-refractivity contribution < 1.29 is 8.91 Å². The second-order valence-electron chi connectivity index (χ2n) is 4.63. The van der Waals surface area contributed by atoms with Gasteiger partial charge < -0.3 is 10.3 Å². The number of halogens is 2. The Kier molecular flexibility index (Phi) is 3.71. The molecule has 3 nitrogen and oxygen atoms in total. The fraction of sp³-hybridized carbons (Fsp3) is 0.308. The smallest absolute Gasteiger partial charge is 0.225 e. The number of nitrogens with two attached hydrogens (primary N) is 1. The molecule has 0 saturated carbocycles. The number of aromatic nitrogens is 1. The van der Waals surface area contributed by atoms with Crippen molar-refractivity contribution in [3.63, 3.8) is 0 Å². The number of rotatable bonds is 3. The Bertz CT molecular complexity index is 546. The Balaban J connectivity index is 2.50. The van der Waals surface area contributed by atoms with Gasteiger partial charge in [-0.15, -0.1) is 0 Å². The normalized spacial score (nSPS) is 11.2. The number of benzene rings is 1. The van der Waals surface area contributed by atoms with Crippen LogP contribution in [-0.2, 0) is 6.42 Å². The molecule has 0 fully saturated rings.